The van der Waals surface area contributed by atoms with Crippen LogP contribution < -0.4 is 5.32 Å². The Kier molecular flexibility index (Phi) is 4.29. The molecule has 2 N–H and O–H groups in total. The molecule has 1 aliphatic heterocycles. The van der Waals surface area contributed by atoms with Gasteiger partial charge >= 0.3 is 6.03 Å². The molecule has 2 amide bonds. The molecule has 1 fully saturated rings. The molecule has 6 nitrogen and oxygen atoms in total. The predicted octanol–water partition coefficient (Wildman–Crippen LogP) is 1.51. The van der Waals surface area contributed by atoms with E-state index in [1.807, 2.05) is 31.2 Å². The van der Waals surface area contributed by atoms with Crippen LogP contribution in [0.3, 0.4) is 0 Å². The summed E-state index contributed by atoms with van der Waals surface area (Å²) >= 11 is 0. The van der Waals surface area contributed by atoms with Crippen molar-refractivity contribution in [2.24, 2.45) is 0 Å². The summed E-state index contributed by atoms with van der Waals surface area (Å²) in [5.74, 6) is 0.948. The Labute approximate surface area is 129 Å². The van der Waals surface area contributed by atoms with Crippen molar-refractivity contribution in [3.8, 4) is 0 Å². The lowest BCUT2D eigenvalue weighted by atomic mass is 10.1. The molecule has 1 atom stereocenters. The van der Waals surface area contributed by atoms with Crippen LogP contribution in [0, 0.1) is 6.92 Å². The van der Waals surface area contributed by atoms with Crippen molar-refractivity contribution in [1.29, 1.82) is 0 Å². The van der Waals surface area contributed by atoms with Gasteiger partial charge in [0.25, 0.3) is 0 Å². The highest BCUT2D eigenvalue weighted by atomic mass is 16.3. The highest BCUT2D eigenvalue weighted by Gasteiger charge is 2.21. The molecule has 22 heavy (non-hydrogen) atoms. The number of nitrogens with one attached hydrogen (secondary N) is 1. The normalized spacial score (nSPS) is 18.6. The molecule has 2 heterocycles. The van der Waals surface area contributed by atoms with Crippen LogP contribution in [-0.2, 0) is 6.54 Å². The van der Waals surface area contributed by atoms with Crippen LogP contribution >= 0.6 is 0 Å². The minimum Gasteiger partial charge on any atom is -0.391 e. The molecule has 3 rings (SSSR count). The lowest BCUT2D eigenvalue weighted by Crippen LogP contribution is -2.47. The maximum absolute atomic E-state index is 12.1. The summed E-state index contributed by atoms with van der Waals surface area (Å²) in [5.41, 5.74) is 2.06. The number of aryl methyl sites for hydroxylation is 1. The molecule has 0 saturated carbocycles. The molecule has 2 aromatic rings. The molecule has 0 bridgehead atoms. The number of likely N-dealkylation sites (tertiary alicyclic amines) is 1. The van der Waals surface area contributed by atoms with E-state index in [1.54, 1.807) is 4.90 Å². The molecule has 1 aromatic carbocycles. The lowest BCUT2D eigenvalue weighted by molar-refractivity contribution is 0.0842. The molecule has 1 unspecified atom stereocenters. The van der Waals surface area contributed by atoms with E-state index >= 15 is 0 Å². The van der Waals surface area contributed by atoms with Crippen LogP contribution in [0.15, 0.2) is 24.3 Å². The zero-order valence-corrected chi connectivity index (χ0v) is 12.8. The van der Waals surface area contributed by atoms with Gasteiger partial charge in [0.2, 0.25) is 0 Å². The Morgan fingerprint density at radius 1 is 1.45 bits per heavy atom. The number of imidazole rings is 1. The summed E-state index contributed by atoms with van der Waals surface area (Å²) < 4.78 is 2.11. The van der Waals surface area contributed by atoms with Crippen LogP contribution in [0.1, 0.15) is 18.7 Å². The largest absolute Gasteiger partial charge is 0.391 e. The Morgan fingerprint density at radius 2 is 2.27 bits per heavy atom. The SMILES string of the molecule is Cc1nc2ccccc2n1CCNC(=O)N1CCCC(O)C1. The van der Waals surface area contributed by atoms with Crippen molar-refractivity contribution >= 4 is 17.1 Å². The number of benzene rings is 1. The number of rotatable bonds is 3. The fourth-order valence-electron chi connectivity index (χ4n) is 3.00. The zero-order chi connectivity index (χ0) is 15.5. The smallest absolute Gasteiger partial charge is 0.317 e. The number of aromatic nitrogens is 2. The van der Waals surface area contributed by atoms with E-state index < -0.39 is 0 Å². The van der Waals surface area contributed by atoms with Crippen LogP contribution in [0.4, 0.5) is 4.79 Å². The van der Waals surface area contributed by atoms with Gasteiger partial charge in [0.15, 0.2) is 0 Å². The highest BCUT2D eigenvalue weighted by molar-refractivity contribution is 5.76. The topological polar surface area (TPSA) is 70.4 Å². The monoisotopic (exact) mass is 302 g/mol. The zero-order valence-electron chi connectivity index (χ0n) is 12.8. The summed E-state index contributed by atoms with van der Waals surface area (Å²) in [7, 11) is 0. The first-order chi connectivity index (χ1) is 10.6. The maximum atomic E-state index is 12.1. The van der Waals surface area contributed by atoms with Gasteiger partial charge in [-0.3, -0.25) is 0 Å². The second kappa shape index (κ2) is 6.36. The van der Waals surface area contributed by atoms with Gasteiger partial charge in [-0.2, -0.15) is 0 Å². The van der Waals surface area contributed by atoms with E-state index in [4.69, 9.17) is 0 Å². The first-order valence-electron chi connectivity index (χ1n) is 7.78. The average Bonchev–Trinajstić information content (AvgIpc) is 2.83. The minimum absolute atomic E-state index is 0.0965. The molecule has 0 spiro atoms. The minimum atomic E-state index is -0.390. The summed E-state index contributed by atoms with van der Waals surface area (Å²) in [4.78, 5) is 18.3. The number of urea groups is 1. The number of amides is 2. The second-order valence-electron chi connectivity index (χ2n) is 5.77. The van der Waals surface area contributed by atoms with Crippen LogP contribution in [0.2, 0.25) is 0 Å². The quantitative estimate of drug-likeness (QED) is 0.903. The van der Waals surface area contributed by atoms with Crippen molar-refractivity contribution in [2.45, 2.75) is 32.4 Å². The molecule has 1 saturated heterocycles. The van der Waals surface area contributed by atoms with E-state index in [0.29, 0.717) is 19.6 Å². The summed E-state index contributed by atoms with van der Waals surface area (Å²) in [5, 5.41) is 12.6. The Morgan fingerprint density at radius 3 is 3.09 bits per heavy atom. The molecule has 1 aliphatic rings. The van der Waals surface area contributed by atoms with Gasteiger partial charge in [-0.1, -0.05) is 12.1 Å². The summed E-state index contributed by atoms with van der Waals surface area (Å²) in [6.07, 6.45) is 1.25. The van der Waals surface area contributed by atoms with Crippen LogP contribution in [0.25, 0.3) is 11.0 Å². The standard InChI is InChI=1S/C16H22N4O2/c1-12-18-14-6-2-3-7-15(14)20(12)10-8-17-16(22)19-9-4-5-13(21)11-19/h2-3,6-7,13,21H,4-5,8-11H2,1H3,(H,17,22). The van der Waals surface area contributed by atoms with Crippen LogP contribution in [-0.4, -0.2) is 51.3 Å². The molecular formula is C16H22N4O2. The second-order valence-corrected chi connectivity index (χ2v) is 5.77. The summed E-state index contributed by atoms with van der Waals surface area (Å²) in [6, 6.07) is 7.90. The van der Waals surface area contributed by atoms with Crippen molar-refractivity contribution in [3.63, 3.8) is 0 Å². The van der Waals surface area contributed by atoms with Crippen LogP contribution in [0.5, 0.6) is 0 Å². The number of fused-ring (bicyclic) bond motifs is 1. The van der Waals surface area contributed by atoms with E-state index in [1.165, 1.54) is 0 Å². The fourth-order valence-corrected chi connectivity index (χ4v) is 3.00. The molecular weight excluding hydrogens is 280 g/mol. The number of nitrogens with zero attached hydrogens (tertiary/aromatic N) is 3. The van der Waals surface area contributed by atoms with Crippen molar-refractivity contribution in [1.82, 2.24) is 19.8 Å². The Bertz CT molecular complexity index is 667. The van der Waals surface area contributed by atoms with E-state index in [0.717, 1.165) is 36.2 Å². The Balaban J connectivity index is 1.58. The van der Waals surface area contributed by atoms with E-state index in [2.05, 4.69) is 14.9 Å². The van der Waals surface area contributed by atoms with E-state index in [9.17, 15) is 9.90 Å². The van der Waals surface area contributed by atoms with Crippen molar-refractivity contribution in [2.75, 3.05) is 19.6 Å². The average molecular weight is 302 g/mol. The third kappa shape index (κ3) is 3.06. The third-order valence-corrected chi connectivity index (χ3v) is 4.14. The molecule has 118 valence electrons. The number of aliphatic hydroxyl groups excluding tert-OH is 1. The number of carbonyl (C=O) groups is 1. The highest BCUT2D eigenvalue weighted by Crippen LogP contribution is 2.15. The Hall–Kier alpha value is -2.08. The molecule has 0 radical (unpaired) electrons. The van der Waals surface area contributed by atoms with Gasteiger partial charge in [0, 0.05) is 26.2 Å². The van der Waals surface area contributed by atoms with Crippen molar-refractivity contribution < 1.29 is 9.90 Å². The van der Waals surface area contributed by atoms with Crippen molar-refractivity contribution in [3.05, 3.63) is 30.1 Å². The number of para-hydroxylation sites is 2. The van der Waals surface area contributed by atoms with Gasteiger partial charge in [0.1, 0.15) is 5.82 Å². The maximum Gasteiger partial charge on any atom is 0.317 e. The number of piperidine rings is 1. The number of hydrogen-bond acceptors (Lipinski definition) is 3. The number of aliphatic hydroxyl groups is 1. The van der Waals surface area contributed by atoms with Gasteiger partial charge in [0.05, 0.1) is 17.1 Å². The lowest BCUT2D eigenvalue weighted by Gasteiger charge is -2.30. The predicted molar refractivity (Wildman–Crippen MR) is 84.7 cm³/mol. The first-order valence-corrected chi connectivity index (χ1v) is 7.78. The van der Waals surface area contributed by atoms with Gasteiger partial charge in [-0.25, -0.2) is 9.78 Å². The van der Waals surface area contributed by atoms with Gasteiger partial charge in [-0.15, -0.1) is 0 Å². The number of carbonyl (C=O) groups excluding carboxylic acids is 1. The molecule has 0 aliphatic carbocycles. The van der Waals surface area contributed by atoms with Gasteiger partial charge < -0.3 is 19.9 Å². The molecule has 1 aromatic heterocycles. The third-order valence-electron chi connectivity index (χ3n) is 4.14. The summed E-state index contributed by atoms with van der Waals surface area (Å²) in [6.45, 7) is 4.36. The van der Waals surface area contributed by atoms with Gasteiger partial charge in [-0.05, 0) is 31.9 Å². The number of hydrogen-bond donors (Lipinski definition) is 2. The van der Waals surface area contributed by atoms with E-state index in [-0.39, 0.29) is 12.1 Å². The fraction of sp³-hybridized carbons (Fsp3) is 0.500. The first kappa shape index (κ1) is 14.8. The number of β-amino-alcohol motifs (C(OH)–C–C–N with tert-alkyl or cyclic N) is 1. The molecule has 6 heteroatoms.